The van der Waals surface area contributed by atoms with Crippen molar-refractivity contribution in [2.75, 3.05) is 121 Å². The normalized spacial score (nSPS) is 22.1. The van der Waals surface area contributed by atoms with Gasteiger partial charge >= 0.3 is 0 Å². The van der Waals surface area contributed by atoms with Crippen LogP contribution in [0.4, 0.5) is 22.7 Å². The third kappa shape index (κ3) is 18.7. The monoisotopic (exact) mass is 1540 g/mol. The smallest absolute Gasteiger partial charge is 0.209 e. The molecule has 0 spiro atoms. The van der Waals surface area contributed by atoms with Gasteiger partial charge in [-0.2, -0.15) is 4.58 Å². The van der Waals surface area contributed by atoms with Gasteiger partial charge in [0.25, 0.3) is 0 Å². The van der Waals surface area contributed by atoms with E-state index in [1.54, 1.807) is 0 Å². The Kier molecular flexibility index (Phi) is 27.1. The Balaban J connectivity index is 0.000000154. The first-order valence-electron chi connectivity index (χ1n) is 40.1. The van der Waals surface area contributed by atoms with Gasteiger partial charge in [-0.3, -0.25) is 9.80 Å². The molecule has 109 heavy (non-hydrogen) atoms. The van der Waals surface area contributed by atoms with E-state index in [0.717, 1.165) is 121 Å². The molecule has 0 radical (unpaired) electrons. The molecule has 570 valence electrons. The van der Waals surface area contributed by atoms with Crippen molar-refractivity contribution in [3.05, 3.63) is 320 Å². The maximum Gasteiger partial charge on any atom is 0.209 e. The molecule has 0 aromatic heterocycles. The zero-order valence-electron chi connectivity index (χ0n) is 67.3. The summed E-state index contributed by atoms with van der Waals surface area (Å²) in [6.45, 7) is 34.3. The maximum atomic E-state index is 7.01. The van der Waals surface area contributed by atoms with Gasteiger partial charge in [-0.1, -0.05) is 257 Å². The molecule has 7 aromatic carbocycles. The van der Waals surface area contributed by atoms with Crippen molar-refractivity contribution in [1.82, 2.24) is 25.8 Å². The highest BCUT2D eigenvalue weighted by atomic mass is 79.9. The van der Waals surface area contributed by atoms with Gasteiger partial charge in [0.05, 0.1) is 18.5 Å². The first-order chi connectivity index (χ1) is 52.7. The summed E-state index contributed by atoms with van der Waals surface area (Å²) in [6.07, 6.45) is 25.4. The molecule has 0 atom stereocenters. The molecular weight excluding hydrogens is 1420 g/mol. The van der Waals surface area contributed by atoms with Gasteiger partial charge in [0, 0.05) is 176 Å². The highest BCUT2D eigenvalue weighted by molar-refractivity contribution is 9.08. The molecule has 4 fully saturated rings. The molecule has 3 saturated heterocycles. The van der Waals surface area contributed by atoms with Crippen LogP contribution in [0.5, 0.6) is 0 Å². The third-order valence-electron chi connectivity index (χ3n) is 23.8. The molecule has 1 saturated carbocycles. The van der Waals surface area contributed by atoms with Gasteiger partial charge in [0.1, 0.15) is 7.05 Å². The SMILES string of the molecule is BrCc1ccccc1.C1CNCCN1.CN1C(=CC=C2CCC/C(=C\C=C3\N(C)c4ccccc4C3(C)C)C2=[N+]2CCN(Cc3ccccc3)CC2)C(C)(C)c2ccccc21.CN1C(=CC=C2CCCC(C=CC3=[N+](C)c4ccccc4C3(C)C)=C2Cl)C(C)(C)c2ccccc21.c1ccc(CN2CCNCC2)cc1. The molecule has 16 rings (SSSR count). The van der Waals surface area contributed by atoms with Crippen LogP contribution in [0.1, 0.15) is 133 Å². The summed E-state index contributed by atoms with van der Waals surface area (Å²) in [4.78, 5) is 12.2. The van der Waals surface area contributed by atoms with Crippen LogP contribution in [0.3, 0.4) is 0 Å². The predicted octanol–water partition coefficient (Wildman–Crippen LogP) is 19.6. The Morgan fingerprint density at radius 3 is 1.18 bits per heavy atom. The van der Waals surface area contributed by atoms with Crippen LogP contribution < -0.4 is 30.7 Å². The van der Waals surface area contributed by atoms with Gasteiger partial charge in [-0.05, 0) is 133 Å². The molecule has 10 nitrogen and oxygen atoms in total. The average Bonchev–Trinajstić information content (AvgIpc) is 1.63. The number of alkyl halides is 1. The minimum Gasteiger partial charge on any atom is -0.347 e. The second-order valence-corrected chi connectivity index (χ2v) is 33.5. The highest BCUT2D eigenvalue weighted by Gasteiger charge is 2.44. The number of nitrogens with one attached hydrogen (secondary N) is 3. The molecule has 7 aliphatic heterocycles. The summed E-state index contributed by atoms with van der Waals surface area (Å²) < 4.78 is 5.02. The lowest BCUT2D eigenvalue weighted by molar-refractivity contribution is -0.539. The fourth-order valence-corrected chi connectivity index (χ4v) is 18.3. The van der Waals surface area contributed by atoms with Crippen molar-refractivity contribution in [3.8, 4) is 0 Å². The van der Waals surface area contributed by atoms with E-state index in [0.29, 0.717) is 0 Å². The van der Waals surface area contributed by atoms with Gasteiger partial charge in [-0.15, -0.1) is 0 Å². The minimum atomic E-state index is -0.0307. The van der Waals surface area contributed by atoms with Crippen molar-refractivity contribution >= 4 is 61.7 Å². The van der Waals surface area contributed by atoms with Gasteiger partial charge in [-0.25, -0.2) is 4.58 Å². The number of hydrogen-bond donors (Lipinski definition) is 3. The number of para-hydroxylation sites is 4. The van der Waals surface area contributed by atoms with E-state index in [4.69, 9.17) is 11.6 Å². The Morgan fingerprint density at radius 2 is 0.771 bits per heavy atom. The molecule has 9 aliphatic rings. The Labute approximate surface area is 667 Å². The number of piperazine rings is 3. The van der Waals surface area contributed by atoms with Gasteiger partial charge < -0.3 is 30.7 Å². The fourth-order valence-electron chi connectivity index (χ4n) is 17.6. The van der Waals surface area contributed by atoms with E-state index in [1.165, 1.54) is 132 Å². The van der Waals surface area contributed by atoms with E-state index < -0.39 is 0 Å². The maximum absolute atomic E-state index is 7.01. The van der Waals surface area contributed by atoms with Crippen molar-refractivity contribution < 1.29 is 9.15 Å². The second-order valence-electron chi connectivity index (χ2n) is 32.5. The quantitative estimate of drug-likeness (QED) is 0.0925. The largest absolute Gasteiger partial charge is 0.347 e. The molecular formula is C97H120BrClN10+2. The van der Waals surface area contributed by atoms with E-state index >= 15 is 0 Å². The van der Waals surface area contributed by atoms with Crippen molar-refractivity contribution in [1.29, 1.82) is 0 Å². The van der Waals surface area contributed by atoms with Crippen LogP contribution in [0.2, 0.25) is 0 Å². The van der Waals surface area contributed by atoms with Crippen molar-refractivity contribution in [2.24, 2.45) is 0 Å². The number of rotatable bonds is 10. The van der Waals surface area contributed by atoms with E-state index in [2.05, 4.69) is 368 Å². The molecule has 12 heteroatoms. The third-order valence-corrected chi connectivity index (χ3v) is 25.0. The van der Waals surface area contributed by atoms with Crippen LogP contribution >= 0.6 is 27.5 Å². The fraction of sp³-hybridized carbons (Fsp3) is 0.381. The second kappa shape index (κ2) is 36.7. The number of benzene rings is 7. The molecule has 2 aliphatic carbocycles. The standard InChI is InChI=1S/C43H51N4.C32H36ClN2.C11H16N2.C7H7Br.C4H10N2/c1-42(2)35-19-10-12-21-37(35)44(5)39(42)25-23-33-17-14-18-34(24-26-40-43(3,4)36-20-11-13-22-38(36)45(40)6)41(33)47-29-27-46(28-30-47)31-32-15-8-7-9-16-32;1-31(2)24-14-7-9-16-26(24)34(5)28(31)20-18-22-12-11-13-23(30(22)33)19-21-29-32(3,4)25-15-8-10-17-27(25)35(29)6;1-2-4-11(5-3-1)10-13-8-6-12-7-9-13;8-6-7-4-2-1-3-5-7;1-2-6-4-3-5-1/h7-13,15-16,19-26H,14,17-18,27-31H2,1-6H3;7-10,14-21H,11-13H2,1-6H3;1-5,12H,6-10H2;1-5H,6H2;5-6H,1-4H2/q2*+1;;;. The first-order valence-corrected chi connectivity index (χ1v) is 41.6. The van der Waals surface area contributed by atoms with Crippen LogP contribution in [0, 0.1) is 0 Å². The molecule has 0 unspecified atom stereocenters. The van der Waals surface area contributed by atoms with E-state index in [-0.39, 0.29) is 21.7 Å². The Hall–Kier alpha value is -8.23. The summed E-state index contributed by atoms with van der Waals surface area (Å²) in [6, 6.07) is 67.1. The van der Waals surface area contributed by atoms with Crippen molar-refractivity contribution in [3.63, 3.8) is 0 Å². The molecule has 0 amide bonds. The van der Waals surface area contributed by atoms with Crippen LogP contribution in [-0.2, 0) is 40.1 Å². The number of nitrogens with zero attached hydrogens (tertiary/aromatic N) is 7. The Bertz CT molecular complexity index is 4490. The molecule has 7 aromatic rings. The molecule has 0 bridgehead atoms. The van der Waals surface area contributed by atoms with E-state index in [1.807, 2.05) is 18.2 Å². The topological polar surface area (TPSA) is 58.3 Å². The Morgan fingerprint density at radius 1 is 0.404 bits per heavy atom. The zero-order chi connectivity index (χ0) is 76.7. The summed E-state index contributed by atoms with van der Waals surface area (Å²) in [5, 5.41) is 11.7. The summed E-state index contributed by atoms with van der Waals surface area (Å²) in [5.74, 6) is 0. The number of hydrogen-bond acceptors (Lipinski definition) is 8. The number of fused-ring (bicyclic) bond motifs is 4. The van der Waals surface area contributed by atoms with Gasteiger partial charge in [0.15, 0.2) is 18.8 Å². The summed E-state index contributed by atoms with van der Waals surface area (Å²) in [5.41, 5.74) is 27.1. The highest BCUT2D eigenvalue weighted by Crippen LogP contribution is 2.50. The molecule has 7 heterocycles. The van der Waals surface area contributed by atoms with E-state index in [9.17, 15) is 0 Å². The first kappa shape index (κ1) is 80.3. The van der Waals surface area contributed by atoms with Crippen LogP contribution in [0.25, 0.3) is 0 Å². The lowest BCUT2D eigenvalue weighted by Crippen LogP contribution is -2.44. The number of allylic oxidation sites excluding steroid dienone is 16. The summed E-state index contributed by atoms with van der Waals surface area (Å²) >= 11 is 10.4. The predicted molar refractivity (Wildman–Crippen MR) is 468 cm³/mol. The summed E-state index contributed by atoms with van der Waals surface area (Å²) in [7, 11) is 8.79. The lowest BCUT2D eigenvalue weighted by atomic mass is 9.81. The van der Waals surface area contributed by atoms with Crippen LogP contribution in [-0.4, -0.2) is 137 Å². The lowest BCUT2D eigenvalue weighted by Gasteiger charge is -2.29. The molecule has 3 N–H and O–H groups in total. The minimum absolute atomic E-state index is 0.0275. The average molecular weight is 1540 g/mol. The van der Waals surface area contributed by atoms with Gasteiger partial charge in [0.2, 0.25) is 11.4 Å². The number of anilines is 3. The van der Waals surface area contributed by atoms with Crippen LogP contribution in [0.15, 0.2) is 281 Å². The number of likely N-dealkylation sites (N-methyl/N-ethyl adjacent to an activating group) is 3. The van der Waals surface area contributed by atoms with Crippen molar-refractivity contribution in [2.45, 2.75) is 134 Å². The zero-order valence-corrected chi connectivity index (χ0v) is 69.6. The number of halogens is 2.